The number of aromatic nitrogens is 4. The molecule has 0 bridgehead atoms. The first-order chi connectivity index (χ1) is 13.8. The van der Waals surface area contributed by atoms with Crippen LogP contribution in [0.4, 0.5) is 0 Å². The Hall–Kier alpha value is -3.16. The molecule has 7 heteroatoms. The van der Waals surface area contributed by atoms with Crippen molar-refractivity contribution in [1.29, 1.82) is 0 Å². The van der Waals surface area contributed by atoms with Gasteiger partial charge in [-0.3, -0.25) is 5.10 Å². The van der Waals surface area contributed by atoms with Gasteiger partial charge in [0.25, 0.3) is 0 Å². The lowest BCUT2D eigenvalue weighted by Crippen LogP contribution is -2.29. The molecule has 0 spiro atoms. The zero-order valence-corrected chi connectivity index (χ0v) is 15.3. The molecule has 3 N–H and O–H groups in total. The SMILES string of the molecule is c1ccc2[nH]c(CNC3COC(Oc4ccc(-c5ccn[nH]5)cc4)C3)nc2c1. The normalized spacial score (nSPS) is 19.3. The van der Waals surface area contributed by atoms with Gasteiger partial charge in [0.2, 0.25) is 6.29 Å². The minimum Gasteiger partial charge on any atom is -0.465 e. The van der Waals surface area contributed by atoms with Gasteiger partial charge in [-0.2, -0.15) is 5.10 Å². The molecule has 2 aromatic carbocycles. The summed E-state index contributed by atoms with van der Waals surface area (Å²) in [4.78, 5) is 7.93. The zero-order valence-electron chi connectivity index (χ0n) is 15.3. The van der Waals surface area contributed by atoms with Gasteiger partial charge in [-0.25, -0.2) is 4.98 Å². The molecule has 0 radical (unpaired) electrons. The molecule has 0 saturated carbocycles. The van der Waals surface area contributed by atoms with E-state index in [4.69, 9.17) is 9.47 Å². The van der Waals surface area contributed by atoms with Crippen molar-refractivity contribution in [2.45, 2.75) is 25.3 Å². The lowest BCUT2D eigenvalue weighted by Gasteiger charge is -2.13. The number of rotatable bonds is 6. The van der Waals surface area contributed by atoms with E-state index in [1.807, 2.05) is 54.6 Å². The fraction of sp³-hybridized carbons (Fsp3) is 0.238. The van der Waals surface area contributed by atoms with Crippen LogP contribution in [-0.2, 0) is 11.3 Å². The number of fused-ring (bicyclic) bond motifs is 1. The third kappa shape index (κ3) is 3.62. The molecule has 7 nitrogen and oxygen atoms in total. The van der Waals surface area contributed by atoms with Crippen LogP contribution in [0.3, 0.4) is 0 Å². The van der Waals surface area contributed by atoms with E-state index in [-0.39, 0.29) is 12.3 Å². The summed E-state index contributed by atoms with van der Waals surface area (Å²) in [6.45, 7) is 1.30. The summed E-state index contributed by atoms with van der Waals surface area (Å²) in [7, 11) is 0. The Morgan fingerprint density at radius 2 is 2.00 bits per heavy atom. The molecule has 1 aliphatic rings. The second-order valence-corrected chi connectivity index (χ2v) is 6.89. The molecule has 2 aromatic heterocycles. The highest BCUT2D eigenvalue weighted by Gasteiger charge is 2.26. The van der Waals surface area contributed by atoms with E-state index in [1.54, 1.807) is 6.20 Å². The average Bonchev–Trinajstić information content (AvgIpc) is 3.47. The molecule has 2 atom stereocenters. The minimum atomic E-state index is -0.244. The van der Waals surface area contributed by atoms with Crippen LogP contribution in [0.1, 0.15) is 12.2 Å². The van der Waals surface area contributed by atoms with Crippen molar-refractivity contribution >= 4 is 11.0 Å². The van der Waals surface area contributed by atoms with Crippen LogP contribution in [0.5, 0.6) is 5.75 Å². The third-order valence-corrected chi connectivity index (χ3v) is 4.89. The van der Waals surface area contributed by atoms with Crippen LogP contribution in [0.15, 0.2) is 60.8 Å². The second-order valence-electron chi connectivity index (χ2n) is 6.89. The molecule has 2 unspecified atom stereocenters. The van der Waals surface area contributed by atoms with Crippen LogP contribution in [0.25, 0.3) is 22.3 Å². The molecule has 0 amide bonds. The van der Waals surface area contributed by atoms with Gasteiger partial charge in [0.15, 0.2) is 0 Å². The Kier molecular flexibility index (Phi) is 4.52. The fourth-order valence-electron chi connectivity index (χ4n) is 3.43. The summed E-state index contributed by atoms with van der Waals surface area (Å²) in [6.07, 6.45) is 2.29. The monoisotopic (exact) mass is 375 g/mol. The smallest absolute Gasteiger partial charge is 0.201 e. The Balaban J connectivity index is 1.14. The van der Waals surface area contributed by atoms with Gasteiger partial charge in [-0.05, 0) is 48.0 Å². The predicted octanol–water partition coefficient (Wildman–Crippen LogP) is 3.24. The van der Waals surface area contributed by atoms with Crippen LogP contribution in [0, 0.1) is 0 Å². The number of ether oxygens (including phenoxy) is 2. The molecule has 1 aliphatic heterocycles. The maximum atomic E-state index is 5.97. The summed E-state index contributed by atoms with van der Waals surface area (Å²) in [5, 5.41) is 10.4. The maximum absolute atomic E-state index is 5.97. The molecule has 0 aliphatic carbocycles. The summed E-state index contributed by atoms with van der Waals surface area (Å²) >= 11 is 0. The number of hydrogen-bond donors (Lipinski definition) is 3. The largest absolute Gasteiger partial charge is 0.465 e. The van der Waals surface area contributed by atoms with Crippen LogP contribution in [0.2, 0.25) is 0 Å². The van der Waals surface area contributed by atoms with Gasteiger partial charge in [0.05, 0.1) is 29.9 Å². The summed E-state index contributed by atoms with van der Waals surface area (Å²) in [6, 6.07) is 18.1. The van der Waals surface area contributed by atoms with E-state index in [2.05, 4.69) is 25.5 Å². The first-order valence-electron chi connectivity index (χ1n) is 9.38. The van der Waals surface area contributed by atoms with Crippen molar-refractivity contribution in [3.63, 3.8) is 0 Å². The fourth-order valence-corrected chi connectivity index (χ4v) is 3.43. The van der Waals surface area contributed by atoms with Crippen molar-refractivity contribution < 1.29 is 9.47 Å². The van der Waals surface area contributed by atoms with Gasteiger partial charge in [-0.1, -0.05) is 12.1 Å². The molecule has 3 heterocycles. The van der Waals surface area contributed by atoms with E-state index in [9.17, 15) is 0 Å². The minimum absolute atomic E-state index is 0.238. The maximum Gasteiger partial charge on any atom is 0.201 e. The number of H-pyrrole nitrogens is 2. The van der Waals surface area contributed by atoms with Crippen molar-refractivity contribution in [3.8, 4) is 17.0 Å². The van der Waals surface area contributed by atoms with Crippen molar-refractivity contribution in [1.82, 2.24) is 25.5 Å². The molecule has 142 valence electrons. The standard InChI is InChI=1S/C21H21N5O2/c1-2-4-19-18(3-1)24-20(25-19)12-22-15-11-21(27-13-15)28-16-7-5-14(6-8-16)17-9-10-23-26-17/h1-10,15,21-22H,11-13H2,(H,23,26)(H,24,25). The number of para-hydroxylation sites is 2. The number of nitrogens with zero attached hydrogens (tertiary/aromatic N) is 2. The van der Waals surface area contributed by atoms with Gasteiger partial charge in [0.1, 0.15) is 11.6 Å². The van der Waals surface area contributed by atoms with E-state index in [0.29, 0.717) is 13.2 Å². The van der Waals surface area contributed by atoms with E-state index >= 15 is 0 Å². The lowest BCUT2D eigenvalue weighted by atomic mass is 10.1. The van der Waals surface area contributed by atoms with Crippen LogP contribution < -0.4 is 10.1 Å². The van der Waals surface area contributed by atoms with Crippen molar-refractivity contribution in [3.05, 3.63) is 66.6 Å². The topological polar surface area (TPSA) is 87.9 Å². The number of hydrogen-bond acceptors (Lipinski definition) is 5. The van der Waals surface area contributed by atoms with Gasteiger partial charge in [0, 0.05) is 18.7 Å². The van der Waals surface area contributed by atoms with Crippen molar-refractivity contribution in [2.24, 2.45) is 0 Å². The predicted molar refractivity (Wildman–Crippen MR) is 106 cm³/mol. The van der Waals surface area contributed by atoms with Gasteiger partial charge < -0.3 is 19.8 Å². The third-order valence-electron chi connectivity index (χ3n) is 4.89. The van der Waals surface area contributed by atoms with Gasteiger partial charge >= 0.3 is 0 Å². The Morgan fingerprint density at radius 3 is 2.82 bits per heavy atom. The summed E-state index contributed by atoms with van der Waals surface area (Å²) < 4.78 is 11.8. The first-order valence-corrected chi connectivity index (χ1v) is 9.38. The lowest BCUT2D eigenvalue weighted by molar-refractivity contribution is -0.0392. The first kappa shape index (κ1) is 17.0. The molecule has 4 aromatic rings. The van der Waals surface area contributed by atoms with Crippen LogP contribution >= 0.6 is 0 Å². The molecular formula is C21H21N5O2. The molecule has 28 heavy (non-hydrogen) atoms. The molecular weight excluding hydrogens is 354 g/mol. The molecule has 1 fully saturated rings. The highest BCUT2D eigenvalue weighted by molar-refractivity contribution is 5.74. The summed E-state index contributed by atoms with van der Waals surface area (Å²) in [5.41, 5.74) is 4.10. The Bertz CT molecular complexity index is 1010. The number of benzene rings is 2. The second kappa shape index (κ2) is 7.46. The number of nitrogens with one attached hydrogen (secondary N) is 3. The Labute approximate surface area is 162 Å². The van der Waals surface area contributed by atoms with Crippen LogP contribution in [-0.4, -0.2) is 39.1 Å². The van der Waals surface area contributed by atoms with Gasteiger partial charge in [-0.15, -0.1) is 0 Å². The average molecular weight is 375 g/mol. The number of aromatic amines is 2. The van der Waals surface area contributed by atoms with E-state index in [0.717, 1.165) is 40.3 Å². The van der Waals surface area contributed by atoms with E-state index < -0.39 is 0 Å². The molecule has 1 saturated heterocycles. The molecule has 5 rings (SSSR count). The Morgan fingerprint density at radius 1 is 1.11 bits per heavy atom. The highest BCUT2D eigenvalue weighted by atomic mass is 16.7. The number of imidazole rings is 1. The quantitative estimate of drug-likeness (QED) is 0.482. The highest BCUT2D eigenvalue weighted by Crippen LogP contribution is 2.23. The zero-order chi connectivity index (χ0) is 18.8. The van der Waals surface area contributed by atoms with Crippen molar-refractivity contribution in [2.75, 3.05) is 6.61 Å². The van der Waals surface area contributed by atoms with E-state index in [1.165, 1.54) is 0 Å². The summed E-state index contributed by atoms with van der Waals surface area (Å²) in [5.74, 6) is 1.73.